The Morgan fingerprint density at radius 1 is 1.30 bits per heavy atom. The van der Waals surface area contributed by atoms with Gasteiger partial charge in [0.25, 0.3) is 5.91 Å². The molecule has 8 nitrogen and oxygen atoms in total. The first-order valence-corrected chi connectivity index (χ1v) is 9.23. The van der Waals surface area contributed by atoms with Gasteiger partial charge >= 0.3 is 0 Å². The van der Waals surface area contributed by atoms with Crippen LogP contribution in [0.15, 0.2) is 18.2 Å². The van der Waals surface area contributed by atoms with Crippen molar-refractivity contribution in [2.45, 2.75) is 37.6 Å². The van der Waals surface area contributed by atoms with Crippen LogP contribution in [0.1, 0.15) is 34.3 Å². The molecular weight excluding hydrogens is 348 g/mol. The minimum Gasteiger partial charge on any atom is -0.386 e. The summed E-state index contributed by atoms with van der Waals surface area (Å²) in [6, 6.07) is 5.14. The Labute approximate surface area is 157 Å². The van der Waals surface area contributed by atoms with Crippen molar-refractivity contribution < 1.29 is 19.5 Å². The van der Waals surface area contributed by atoms with Crippen molar-refractivity contribution in [2.24, 2.45) is 0 Å². The number of nitrogens with zero attached hydrogens (tertiary/aromatic N) is 2. The van der Waals surface area contributed by atoms with E-state index in [2.05, 4.69) is 15.5 Å². The van der Waals surface area contributed by atoms with Gasteiger partial charge in [-0.2, -0.15) is 0 Å². The third-order valence-electron chi connectivity index (χ3n) is 5.51. The van der Waals surface area contributed by atoms with Crippen LogP contribution in [0.4, 0.5) is 0 Å². The number of carbonyl (C=O) groups excluding carboxylic acids is 3. The van der Waals surface area contributed by atoms with E-state index in [-0.39, 0.29) is 18.2 Å². The molecule has 0 aromatic heterocycles. The first kappa shape index (κ1) is 18.1. The molecule has 3 N–H and O–H groups in total. The zero-order chi connectivity index (χ0) is 19.2. The molecule has 2 saturated heterocycles. The van der Waals surface area contributed by atoms with Crippen LogP contribution in [0, 0.1) is 0 Å². The van der Waals surface area contributed by atoms with E-state index < -0.39 is 17.6 Å². The first-order chi connectivity index (χ1) is 12.8. The van der Waals surface area contributed by atoms with Crippen LogP contribution in [-0.4, -0.2) is 71.0 Å². The lowest BCUT2D eigenvalue weighted by atomic mass is 9.96. The summed E-state index contributed by atoms with van der Waals surface area (Å²) in [7, 11) is 1.96. The highest BCUT2D eigenvalue weighted by Crippen LogP contribution is 2.28. The summed E-state index contributed by atoms with van der Waals surface area (Å²) in [6.07, 6.45) is 0.622. The lowest BCUT2D eigenvalue weighted by molar-refractivity contribution is -0.136. The van der Waals surface area contributed by atoms with Crippen molar-refractivity contribution in [3.8, 4) is 0 Å². The highest BCUT2D eigenvalue weighted by Gasteiger charge is 2.39. The number of likely N-dealkylation sites (N-methyl/N-ethyl adjacent to an activating group) is 1. The maximum Gasteiger partial charge on any atom is 0.255 e. The number of piperidine rings is 1. The molecule has 0 saturated carbocycles. The summed E-state index contributed by atoms with van der Waals surface area (Å²) in [5, 5.41) is 15.6. The number of aliphatic hydroxyl groups is 1. The zero-order valence-corrected chi connectivity index (χ0v) is 15.3. The van der Waals surface area contributed by atoms with Gasteiger partial charge in [-0.3, -0.25) is 24.6 Å². The van der Waals surface area contributed by atoms with Gasteiger partial charge < -0.3 is 15.3 Å². The van der Waals surface area contributed by atoms with Gasteiger partial charge in [0.1, 0.15) is 11.6 Å². The number of benzene rings is 1. The minimum atomic E-state index is -0.663. The van der Waals surface area contributed by atoms with Crippen molar-refractivity contribution in [3.63, 3.8) is 0 Å². The largest absolute Gasteiger partial charge is 0.386 e. The number of fused-ring (bicyclic) bond motifs is 1. The predicted octanol–water partition coefficient (Wildman–Crippen LogP) is -0.786. The van der Waals surface area contributed by atoms with Gasteiger partial charge in [0.15, 0.2) is 0 Å². The molecule has 8 heteroatoms. The Balaban J connectivity index is 1.44. The second-order valence-corrected chi connectivity index (χ2v) is 7.89. The van der Waals surface area contributed by atoms with Crippen LogP contribution in [0.2, 0.25) is 0 Å². The Morgan fingerprint density at radius 3 is 2.74 bits per heavy atom. The van der Waals surface area contributed by atoms with E-state index in [0.717, 1.165) is 11.1 Å². The van der Waals surface area contributed by atoms with E-state index in [0.29, 0.717) is 44.7 Å². The molecule has 1 atom stereocenters. The monoisotopic (exact) mass is 372 g/mol. The summed E-state index contributed by atoms with van der Waals surface area (Å²) in [6.45, 7) is 2.85. The number of hydrogen-bond acceptors (Lipinski definition) is 6. The second-order valence-electron chi connectivity index (χ2n) is 7.89. The fourth-order valence-electron chi connectivity index (χ4n) is 4.12. The summed E-state index contributed by atoms with van der Waals surface area (Å²) < 4.78 is 0. The standard InChI is InChI=1S/C19H24N4O4/c1-22(11-19(27)9-20-10-19)7-12-2-3-14-13(6-12)8-23(18(14)26)15-4-5-16(24)21-17(15)25/h2-3,6,15,20,27H,4-5,7-11H2,1H3,(H,21,24,25). The summed E-state index contributed by atoms with van der Waals surface area (Å²) in [4.78, 5) is 39.8. The Kier molecular flexibility index (Phi) is 4.49. The van der Waals surface area contributed by atoms with Crippen molar-refractivity contribution in [1.82, 2.24) is 20.4 Å². The zero-order valence-electron chi connectivity index (χ0n) is 15.3. The molecule has 1 unspecified atom stereocenters. The topological polar surface area (TPSA) is 102 Å². The smallest absolute Gasteiger partial charge is 0.255 e. The van der Waals surface area contributed by atoms with Gasteiger partial charge in [0.05, 0.1) is 0 Å². The molecule has 4 rings (SSSR count). The molecule has 3 amide bonds. The first-order valence-electron chi connectivity index (χ1n) is 9.23. The predicted molar refractivity (Wildman–Crippen MR) is 96.6 cm³/mol. The number of hydrogen-bond donors (Lipinski definition) is 3. The third-order valence-corrected chi connectivity index (χ3v) is 5.51. The molecule has 3 aliphatic rings. The van der Waals surface area contributed by atoms with Crippen LogP contribution in [0.5, 0.6) is 0 Å². The van der Waals surface area contributed by atoms with Gasteiger partial charge in [-0.1, -0.05) is 12.1 Å². The molecule has 2 fully saturated rings. The number of amides is 3. The lowest BCUT2D eigenvalue weighted by Gasteiger charge is -2.40. The molecule has 0 aliphatic carbocycles. The highest BCUT2D eigenvalue weighted by molar-refractivity contribution is 6.05. The van der Waals surface area contributed by atoms with Gasteiger partial charge in [0.2, 0.25) is 11.8 Å². The van der Waals surface area contributed by atoms with Crippen LogP contribution in [0.25, 0.3) is 0 Å². The normalized spacial score (nSPS) is 24.0. The molecule has 144 valence electrons. The number of rotatable bonds is 5. The van der Waals surface area contributed by atoms with Crippen molar-refractivity contribution in [3.05, 3.63) is 34.9 Å². The number of imide groups is 1. The maximum atomic E-state index is 12.7. The molecular formula is C19H24N4O4. The molecule has 3 aliphatic heterocycles. The summed E-state index contributed by atoms with van der Waals surface area (Å²) in [5.74, 6) is -0.835. The third kappa shape index (κ3) is 3.47. The van der Waals surface area contributed by atoms with Gasteiger partial charge in [-0.25, -0.2) is 0 Å². The lowest BCUT2D eigenvalue weighted by Crippen LogP contribution is -2.64. The number of β-amino-alcohol motifs (C(OH)–C–C–N with tert-alkyl or cyclic N) is 1. The maximum absolute atomic E-state index is 12.7. The van der Waals surface area contributed by atoms with E-state index in [1.54, 1.807) is 4.90 Å². The van der Waals surface area contributed by atoms with E-state index >= 15 is 0 Å². The van der Waals surface area contributed by atoms with Crippen LogP contribution in [-0.2, 0) is 22.7 Å². The summed E-state index contributed by atoms with van der Waals surface area (Å²) >= 11 is 0. The van der Waals surface area contributed by atoms with Gasteiger partial charge in [-0.05, 0) is 30.7 Å². The molecule has 0 bridgehead atoms. The fraction of sp³-hybridized carbons (Fsp3) is 0.526. The summed E-state index contributed by atoms with van der Waals surface area (Å²) in [5.41, 5.74) is 1.92. The SMILES string of the molecule is CN(Cc1ccc2c(c1)CN(C1CCC(=O)NC1=O)C2=O)CC1(O)CNC1. The van der Waals surface area contributed by atoms with Gasteiger partial charge in [0, 0.05) is 44.7 Å². The molecule has 1 aromatic carbocycles. The Hall–Kier alpha value is -2.29. The van der Waals surface area contributed by atoms with E-state index in [9.17, 15) is 19.5 Å². The van der Waals surface area contributed by atoms with Gasteiger partial charge in [-0.15, -0.1) is 0 Å². The number of nitrogens with one attached hydrogen (secondary N) is 2. The Bertz CT molecular complexity index is 805. The van der Waals surface area contributed by atoms with Crippen LogP contribution < -0.4 is 10.6 Å². The van der Waals surface area contributed by atoms with Crippen molar-refractivity contribution >= 4 is 17.7 Å². The average molecular weight is 372 g/mol. The second kappa shape index (κ2) is 6.70. The van der Waals surface area contributed by atoms with Crippen LogP contribution >= 0.6 is 0 Å². The van der Waals surface area contributed by atoms with E-state index in [1.165, 1.54) is 0 Å². The minimum absolute atomic E-state index is 0.158. The molecule has 27 heavy (non-hydrogen) atoms. The van der Waals surface area contributed by atoms with Crippen LogP contribution in [0.3, 0.4) is 0 Å². The number of carbonyl (C=O) groups is 3. The fourth-order valence-corrected chi connectivity index (χ4v) is 4.12. The average Bonchev–Trinajstić information content (AvgIpc) is 2.89. The molecule has 0 radical (unpaired) electrons. The molecule has 1 aromatic rings. The van der Waals surface area contributed by atoms with Crippen molar-refractivity contribution in [2.75, 3.05) is 26.7 Å². The highest BCUT2D eigenvalue weighted by atomic mass is 16.3. The molecule has 0 spiro atoms. The van der Waals surface area contributed by atoms with Crippen molar-refractivity contribution in [1.29, 1.82) is 0 Å². The van der Waals surface area contributed by atoms with E-state index in [1.807, 2.05) is 25.2 Å². The van der Waals surface area contributed by atoms with E-state index in [4.69, 9.17) is 0 Å². The molecule has 3 heterocycles. The quantitative estimate of drug-likeness (QED) is 0.586. The Morgan fingerprint density at radius 2 is 2.07 bits per heavy atom.